The van der Waals surface area contributed by atoms with E-state index in [4.69, 9.17) is 18.9 Å². The van der Waals surface area contributed by atoms with Gasteiger partial charge in [0.15, 0.2) is 0 Å². The maximum atomic E-state index is 12.5. The van der Waals surface area contributed by atoms with Crippen LogP contribution in [0.4, 0.5) is 37.1 Å². The van der Waals surface area contributed by atoms with Crippen LogP contribution in [0.25, 0.3) is 0 Å². The van der Waals surface area contributed by atoms with Crippen molar-refractivity contribution < 1.29 is 38.1 Å². The highest BCUT2D eigenvalue weighted by atomic mass is 16.6. The van der Waals surface area contributed by atoms with Crippen LogP contribution in [0.3, 0.4) is 0 Å². The van der Waals surface area contributed by atoms with Crippen LogP contribution in [-0.4, -0.2) is 52.6 Å². The van der Waals surface area contributed by atoms with E-state index in [9.17, 15) is 19.2 Å². The zero-order valence-electron chi connectivity index (χ0n) is 30.4. The predicted octanol–water partition coefficient (Wildman–Crippen LogP) is 7.59. The second kappa shape index (κ2) is 16.2. The third-order valence-corrected chi connectivity index (χ3v) is 5.10. The summed E-state index contributed by atoms with van der Waals surface area (Å²) >= 11 is 0. The number of aliphatic imine (C=N–C) groups is 1. The van der Waals surface area contributed by atoms with Gasteiger partial charge in [-0.05, 0) is 132 Å². The molecule has 2 aromatic rings. The molecule has 0 aliphatic carbocycles. The fraction of sp³-hybridized carbons (Fsp3) is 0.457. The molecule has 2 rings (SSSR count). The van der Waals surface area contributed by atoms with Gasteiger partial charge in [0, 0.05) is 17.1 Å². The number of anilines is 3. The highest BCUT2D eigenvalue weighted by Crippen LogP contribution is 2.23. The number of benzene rings is 2. The second-order valence-corrected chi connectivity index (χ2v) is 14.8. The lowest BCUT2D eigenvalue weighted by Gasteiger charge is -2.22. The van der Waals surface area contributed by atoms with Crippen molar-refractivity contribution in [2.75, 3.05) is 10.6 Å². The van der Waals surface area contributed by atoms with Crippen molar-refractivity contribution in [1.82, 2.24) is 16.0 Å². The quantitative estimate of drug-likeness (QED) is 0.0643. The Labute approximate surface area is 288 Å². The molecule has 0 fully saturated rings. The normalized spacial score (nSPS) is 12.1. The van der Waals surface area contributed by atoms with Gasteiger partial charge in [0.05, 0.1) is 11.8 Å². The zero-order valence-corrected chi connectivity index (χ0v) is 30.4. The standard InChI is InChI=1S/C35H50N6O8/c1-32(2,3)46-27(42)21-26(39-29(43)47-33(4,5)6)37-24-17-13-22(14-18-24)36-23-15-19-25(20-16-23)38-28(40-30(44)48-34(7,8)9)41-31(45)49-35(10,11)12/h13-21,36-37H,1-12H3,(H,39,43)(H2,38,40,41,44,45). The van der Waals surface area contributed by atoms with Crippen LogP contribution in [0, 0.1) is 0 Å². The minimum atomic E-state index is -0.799. The summed E-state index contributed by atoms with van der Waals surface area (Å²) in [5.74, 6) is -0.749. The number of rotatable bonds is 7. The molecule has 0 atom stereocenters. The summed E-state index contributed by atoms with van der Waals surface area (Å²) in [6, 6.07) is 14.0. The smallest absolute Gasteiger partial charge is 0.414 e. The number of hydrogen-bond donors (Lipinski definition) is 5. The number of guanidine groups is 1. The number of hydrogen-bond acceptors (Lipinski definition) is 11. The van der Waals surface area contributed by atoms with Crippen LogP contribution < -0.4 is 26.6 Å². The molecule has 5 N–H and O–H groups in total. The van der Waals surface area contributed by atoms with Gasteiger partial charge in [0.1, 0.15) is 28.2 Å². The van der Waals surface area contributed by atoms with Crippen molar-refractivity contribution in [1.29, 1.82) is 0 Å². The first kappa shape index (κ1) is 39.9. The molecular formula is C35H50N6O8. The minimum absolute atomic E-state index is 0.0713. The van der Waals surface area contributed by atoms with Crippen molar-refractivity contribution in [3.63, 3.8) is 0 Å². The van der Waals surface area contributed by atoms with E-state index >= 15 is 0 Å². The van der Waals surface area contributed by atoms with E-state index in [1.165, 1.54) is 0 Å². The molecular weight excluding hydrogens is 632 g/mol. The maximum Gasteiger partial charge on any atom is 0.414 e. The van der Waals surface area contributed by atoms with Crippen LogP contribution in [0.2, 0.25) is 0 Å². The Morgan fingerprint density at radius 1 is 0.531 bits per heavy atom. The molecule has 0 saturated heterocycles. The van der Waals surface area contributed by atoms with Crippen molar-refractivity contribution >= 4 is 53.0 Å². The highest BCUT2D eigenvalue weighted by Gasteiger charge is 2.22. The molecule has 14 nitrogen and oxygen atoms in total. The van der Waals surface area contributed by atoms with E-state index < -0.39 is 46.7 Å². The first-order valence-electron chi connectivity index (χ1n) is 15.6. The lowest BCUT2D eigenvalue weighted by Crippen LogP contribution is -2.47. The van der Waals surface area contributed by atoms with Crippen LogP contribution in [-0.2, 0) is 23.7 Å². The Bertz CT molecular complexity index is 1490. The summed E-state index contributed by atoms with van der Waals surface area (Å²) in [6.45, 7) is 20.7. The lowest BCUT2D eigenvalue weighted by atomic mass is 10.2. The van der Waals surface area contributed by atoms with Crippen LogP contribution in [0.1, 0.15) is 83.1 Å². The van der Waals surface area contributed by atoms with Crippen molar-refractivity contribution in [2.45, 2.75) is 105 Å². The molecule has 0 aromatic heterocycles. The maximum absolute atomic E-state index is 12.5. The van der Waals surface area contributed by atoms with Gasteiger partial charge in [-0.3, -0.25) is 16.0 Å². The van der Waals surface area contributed by atoms with Gasteiger partial charge in [0.2, 0.25) is 5.96 Å². The Morgan fingerprint density at radius 2 is 0.898 bits per heavy atom. The van der Waals surface area contributed by atoms with Crippen LogP contribution in [0.5, 0.6) is 0 Å². The summed E-state index contributed by atoms with van der Waals surface area (Å²) < 4.78 is 21.3. The third-order valence-electron chi connectivity index (χ3n) is 5.10. The van der Waals surface area contributed by atoms with Gasteiger partial charge in [-0.25, -0.2) is 24.2 Å². The molecule has 0 aliphatic rings. The van der Waals surface area contributed by atoms with Gasteiger partial charge >= 0.3 is 24.2 Å². The Morgan fingerprint density at radius 3 is 1.31 bits per heavy atom. The van der Waals surface area contributed by atoms with Crippen LogP contribution in [0.15, 0.2) is 65.4 Å². The summed E-state index contributed by atoms with van der Waals surface area (Å²) in [5, 5.41) is 13.7. The van der Waals surface area contributed by atoms with Gasteiger partial charge in [-0.1, -0.05) is 0 Å². The molecule has 0 bridgehead atoms. The number of amides is 3. The molecule has 0 unspecified atom stereocenters. The monoisotopic (exact) mass is 682 g/mol. The van der Waals surface area contributed by atoms with Crippen molar-refractivity contribution in [2.24, 2.45) is 4.99 Å². The number of nitrogens with one attached hydrogen (secondary N) is 5. The molecule has 268 valence electrons. The number of nitrogens with zero attached hydrogens (tertiary/aromatic N) is 1. The van der Waals surface area contributed by atoms with E-state index in [1.807, 2.05) is 0 Å². The highest BCUT2D eigenvalue weighted by molar-refractivity contribution is 6.02. The third kappa shape index (κ3) is 18.0. The number of alkyl carbamates (subject to hydrolysis) is 3. The Balaban J connectivity index is 2.19. The molecule has 0 saturated carbocycles. The summed E-state index contributed by atoms with van der Waals surface area (Å²) in [4.78, 5) is 54.0. The minimum Gasteiger partial charge on any atom is -0.457 e. The first-order valence-corrected chi connectivity index (χ1v) is 15.6. The van der Waals surface area contributed by atoms with E-state index in [0.717, 1.165) is 17.5 Å². The van der Waals surface area contributed by atoms with Gasteiger partial charge in [0.25, 0.3) is 0 Å². The number of carbonyl (C=O) groups excluding carboxylic acids is 4. The fourth-order valence-electron chi connectivity index (χ4n) is 3.56. The predicted molar refractivity (Wildman–Crippen MR) is 189 cm³/mol. The molecule has 0 radical (unpaired) electrons. The van der Waals surface area contributed by atoms with Crippen molar-refractivity contribution in [3.05, 3.63) is 60.4 Å². The average Bonchev–Trinajstić information content (AvgIpc) is 2.86. The largest absolute Gasteiger partial charge is 0.457 e. The second-order valence-electron chi connectivity index (χ2n) is 14.8. The van der Waals surface area contributed by atoms with Gasteiger partial charge < -0.3 is 29.6 Å². The van der Waals surface area contributed by atoms with E-state index in [0.29, 0.717) is 11.4 Å². The summed E-state index contributed by atoms with van der Waals surface area (Å²) in [6.07, 6.45) is -1.20. The Kier molecular flexibility index (Phi) is 13.2. The number of esters is 1. The van der Waals surface area contributed by atoms with E-state index in [2.05, 4.69) is 31.6 Å². The Hall–Kier alpha value is -5.27. The molecule has 0 heterocycles. The summed E-state index contributed by atoms with van der Waals surface area (Å²) in [5.41, 5.74) is -0.541. The molecule has 3 amide bonds. The number of ether oxygens (including phenoxy) is 4. The molecule has 49 heavy (non-hydrogen) atoms. The topological polar surface area (TPSA) is 178 Å². The SMILES string of the molecule is CC(C)(C)OC(=O)C=C(NC(=O)OC(C)(C)C)Nc1ccc(Nc2ccc(N=C(NC(=O)OC(C)(C)C)NC(=O)OC(C)(C)C)cc2)cc1. The summed E-state index contributed by atoms with van der Waals surface area (Å²) in [7, 11) is 0. The molecule has 0 aliphatic heterocycles. The molecule has 0 spiro atoms. The van der Waals surface area contributed by atoms with Gasteiger partial charge in [-0.2, -0.15) is 0 Å². The lowest BCUT2D eigenvalue weighted by molar-refractivity contribution is -0.148. The zero-order chi connectivity index (χ0) is 37.2. The van der Waals surface area contributed by atoms with Gasteiger partial charge in [-0.15, -0.1) is 0 Å². The molecule has 2 aromatic carbocycles. The van der Waals surface area contributed by atoms with E-state index in [-0.39, 0.29) is 11.8 Å². The molecule has 14 heteroatoms. The van der Waals surface area contributed by atoms with E-state index in [1.54, 1.807) is 132 Å². The first-order chi connectivity index (χ1) is 22.3. The number of carbonyl (C=O) groups is 4. The average molecular weight is 683 g/mol. The fourth-order valence-corrected chi connectivity index (χ4v) is 3.56. The van der Waals surface area contributed by atoms with Crippen molar-refractivity contribution in [3.8, 4) is 0 Å². The van der Waals surface area contributed by atoms with Crippen LogP contribution >= 0.6 is 0 Å².